The van der Waals surface area contributed by atoms with E-state index >= 15 is 0 Å². The largest absolute Gasteiger partial charge is 0.497 e. The van der Waals surface area contributed by atoms with E-state index in [9.17, 15) is 9.59 Å². The van der Waals surface area contributed by atoms with Crippen molar-refractivity contribution in [1.82, 2.24) is 0 Å². The van der Waals surface area contributed by atoms with E-state index in [0.29, 0.717) is 11.3 Å². The Kier molecular flexibility index (Phi) is 4.92. The van der Waals surface area contributed by atoms with E-state index in [1.807, 2.05) is 0 Å². The average Bonchev–Trinajstić information content (AvgIpc) is 2.43. The summed E-state index contributed by atoms with van der Waals surface area (Å²) in [6.07, 6.45) is 1.09. The third kappa shape index (κ3) is 3.35. The van der Waals surface area contributed by atoms with Crippen molar-refractivity contribution in [2.45, 2.75) is 0 Å². The highest BCUT2D eigenvalue weighted by Gasteiger charge is 2.14. The van der Waals surface area contributed by atoms with Crippen molar-refractivity contribution in [3.63, 3.8) is 0 Å². The number of ether oxygens (including phenoxy) is 3. The van der Waals surface area contributed by atoms with Gasteiger partial charge in [0.1, 0.15) is 5.75 Å². The van der Waals surface area contributed by atoms with Gasteiger partial charge >= 0.3 is 11.9 Å². The van der Waals surface area contributed by atoms with E-state index in [-0.39, 0.29) is 5.57 Å². The molecule has 5 nitrogen and oxygen atoms in total. The molecule has 0 aliphatic rings. The van der Waals surface area contributed by atoms with Gasteiger partial charge in [-0.2, -0.15) is 0 Å². The summed E-state index contributed by atoms with van der Waals surface area (Å²) in [5, 5.41) is 0. The summed E-state index contributed by atoms with van der Waals surface area (Å²) in [5.74, 6) is -0.571. The minimum absolute atomic E-state index is 0.131. The summed E-state index contributed by atoms with van der Waals surface area (Å²) in [5.41, 5.74) is 0.681. The summed E-state index contributed by atoms with van der Waals surface area (Å²) >= 11 is 0. The van der Waals surface area contributed by atoms with Crippen molar-refractivity contribution in [3.05, 3.63) is 35.9 Å². The van der Waals surface area contributed by atoms with Crippen LogP contribution in [0.3, 0.4) is 0 Å². The highest BCUT2D eigenvalue weighted by Crippen LogP contribution is 2.19. The first-order valence-electron chi connectivity index (χ1n) is 5.14. The Bertz CT molecular complexity index is 459. The molecular weight excluding hydrogens is 236 g/mol. The van der Waals surface area contributed by atoms with Crippen LogP contribution in [-0.2, 0) is 19.1 Å². The zero-order chi connectivity index (χ0) is 13.5. The fourth-order valence-corrected chi connectivity index (χ4v) is 1.32. The van der Waals surface area contributed by atoms with Gasteiger partial charge in [-0.1, -0.05) is 12.1 Å². The molecule has 0 saturated carbocycles. The zero-order valence-corrected chi connectivity index (χ0v) is 10.4. The van der Waals surface area contributed by atoms with E-state index < -0.39 is 11.9 Å². The third-order valence-corrected chi connectivity index (χ3v) is 2.27. The van der Waals surface area contributed by atoms with Gasteiger partial charge in [-0.05, 0) is 17.7 Å². The zero-order valence-electron chi connectivity index (χ0n) is 10.4. The molecule has 1 aromatic carbocycles. The summed E-state index contributed by atoms with van der Waals surface area (Å²) in [6, 6.07) is 6.68. The molecule has 0 unspecified atom stereocenters. The van der Waals surface area contributed by atoms with E-state index in [4.69, 9.17) is 4.74 Å². The van der Waals surface area contributed by atoms with Gasteiger partial charge in [0.25, 0.3) is 0 Å². The molecular formula is C13H14O5. The van der Waals surface area contributed by atoms with E-state index in [1.165, 1.54) is 14.2 Å². The first-order chi connectivity index (χ1) is 8.62. The van der Waals surface area contributed by atoms with Gasteiger partial charge in [0, 0.05) is 6.08 Å². The molecule has 0 amide bonds. The van der Waals surface area contributed by atoms with Crippen LogP contribution in [0.1, 0.15) is 5.56 Å². The number of carbonyl (C=O) groups is 2. The van der Waals surface area contributed by atoms with Gasteiger partial charge in [-0.3, -0.25) is 0 Å². The minimum Gasteiger partial charge on any atom is -0.497 e. The van der Waals surface area contributed by atoms with Crippen molar-refractivity contribution in [2.24, 2.45) is 0 Å². The number of hydrogen-bond donors (Lipinski definition) is 0. The van der Waals surface area contributed by atoms with Gasteiger partial charge in [-0.25, -0.2) is 9.59 Å². The van der Waals surface area contributed by atoms with Crippen LogP contribution in [0, 0.1) is 0 Å². The Hall–Kier alpha value is -2.30. The Morgan fingerprint density at radius 3 is 2.06 bits per heavy atom. The standard InChI is InChI=1S/C13H14O5/c1-16-10-6-4-9(5-7-10)11(13(15)18-3)8-12(14)17-2/h4-8H,1-3H3/b11-8+. The van der Waals surface area contributed by atoms with Gasteiger partial charge in [0.05, 0.1) is 26.9 Å². The van der Waals surface area contributed by atoms with Crippen LogP contribution in [0.2, 0.25) is 0 Å². The second-order valence-corrected chi connectivity index (χ2v) is 3.30. The Morgan fingerprint density at radius 2 is 1.61 bits per heavy atom. The molecule has 96 valence electrons. The molecule has 1 aromatic rings. The van der Waals surface area contributed by atoms with Crippen molar-refractivity contribution in [2.75, 3.05) is 21.3 Å². The van der Waals surface area contributed by atoms with Crippen LogP contribution in [0.5, 0.6) is 5.75 Å². The number of rotatable bonds is 4. The van der Waals surface area contributed by atoms with Crippen LogP contribution in [0.15, 0.2) is 30.3 Å². The SMILES string of the molecule is COC(=O)/C=C(/C(=O)OC)c1ccc(OC)cc1. The molecule has 0 aromatic heterocycles. The monoisotopic (exact) mass is 250 g/mol. The van der Waals surface area contributed by atoms with E-state index in [0.717, 1.165) is 6.08 Å². The first kappa shape index (κ1) is 13.8. The van der Waals surface area contributed by atoms with Crippen LogP contribution >= 0.6 is 0 Å². The predicted octanol–water partition coefficient (Wildman–Crippen LogP) is 1.42. The third-order valence-electron chi connectivity index (χ3n) is 2.27. The highest BCUT2D eigenvalue weighted by atomic mass is 16.5. The van der Waals surface area contributed by atoms with Crippen LogP contribution < -0.4 is 4.74 Å². The molecule has 0 aliphatic heterocycles. The maximum Gasteiger partial charge on any atom is 0.338 e. The van der Waals surface area contributed by atoms with E-state index in [1.54, 1.807) is 31.4 Å². The van der Waals surface area contributed by atoms with Gasteiger partial charge in [0.15, 0.2) is 0 Å². The van der Waals surface area contributed by atoms with Gasteiger partial charge < -0.3 is 14.2 Å². The summed E-state index contributed by atoms with van der Waals surface area (Å²) in [4.78, 5) is 22.8. The Labute approximate surface area is 105 Å². The van der Waals surface area contributed by atoms with Crippen molar-refractivity contribution >= 4 is 17.5 Å². The molecule has 0 aliphatic carbocycles. The number of esters is 2. The molecule has 0 bridgehead atoms. The average molecular weight is 250 g/mol. The lowest BCUT2D eigenvalue weighted by molar-refractivity contribution is -0.136. The molecule has 5 heteroatoms. The molecule has 0 fully saturated rings. The quantitative estimate of drug-likeness (QED) is 0.597. The topological polar surface area (TPSA) is 61.8 Å². The van der Waals surface area contributed by atoms with Gasteiger partial charge in [-0.15, -0.1) is 0 Å². The van der Waals surface area contributed by atoms with Gasteiger partial charge in [0.2, 0.25) is 0 Å². The Morgan fingerprint density at radius 1 is 1.00 bits per heavy atom. The molecule has 0 spiro atoms. The summed E-state index contributed by atoms with van der Waals surface area (Å²) < 4.78 is 14.1. The number of hydrogen-bond acceptors (Lipinski definition) is 5. The number of carbonyl (C=O) groups excluding carboxylic acids is 2. The van der Waals surface area contributed by atoms with Crippen molar-refractivity contribution in [3.8, 4) is 5.75 Å². The Balaban J connectivity index is 3.13. The van der Waals surface area contributed by atoms with Crippen LogP contribution in [-0.4, -0.2) is 33.3 Å². The summed E-state index contributed by atoms with van der Waals surface area (Å²) in [6.45, 7) is 0. The lowest BCUT2D eigenvalue weighted by Crippen LogP contribution is -2.07. The molecule has 0 radical (unpaired) electrons. The fraction of sp³-hybridized carbons (Fsp3) is 0.231. The maximum atomic E-state index is 11.6. The molecule has 0 N–H and O–H groups in total. The molecule has 18 heavy (non-hydrogen) atoms. The molecule has 0 heterocycles. The second-order valence-electron chi connectivity index (χ2n) is 3.30. The minimum atomic E-state index is -0.619. The molecule has 0 saturated heterocycles. The molecule has 1 rings (SSSR count). The second kappa shape index (κ2) is 6.44. The number of benzene rings is 1. The smallest absolute Gasteiger partial charge is 0.338 e. The van der Waals surface area contributed by atoms with Crippen LogP contribution in [0.25, 0.3) is 5.57 Å². The molecule has 0 atom stereocenters. The normalized spacial score (nSPS) is 10.7. The van der Waals surface area contributed by atoms with Crippen molar-refractivity contribution < 1.29 is 23.8 Å². The predicted molar refractivity (Wildman–Crippen MR) is 65.0 cm³/mol. The summed E-state index contributed by atoms with van der Waals surface area (Å²) in [7, 11) is 4.03. The fourth-order valence-electron chi connectivity index (χ4n) is 1.32. The van der Waals surface area contributed by atoms with Crippen LogP contribution in [0.4, 0.5) is 0 Å². The lowest BCUT2D eigenvalue weighted by atomic mass is 10.1. The highest BCUT2D eigenvalue weighted by molar-refractivity contribution is 6.20. The van der Waals surface area contributed by atoms with E-state index in [2.05, 4.69) is 9.47 Å². The first-order valence-corrected chi connectivity index (χ1v) is 5.14. The lowest BCUT2D eigenvalue weighted by Gasteiger charge is -2.06. The maximum absolute atomic E-state index is 11.6. The number of methoxy groups -OCH3 is 3. The van der Waals surface area contributed by atoms with Crippen molar-refractivity contribution in [1.29, 1.82) is 0 Å².